The number of aliphatic hydroxyl groups is 2. The number of aliphatic hydroxyl groups excluding tert-OH is 2. The van der Waals surface area contributed by atoms with Gasteiger partial charge in [-0.3, -0.25) is 14.4 Å². The van der Waals surface area contributed by atoms with Crippen molar-refractivity contribution in [2.75, 3.05) is 13.2 Å². The predicted molar refractivity (Wildman–Crippen MR) is 124 cm³/mol. The zero-order valence-corrected chi connectivity index (χ0v) is 18.7. The first kappa shape index (κ1) is 26.3. The van der Waals surface area contributed by atoms with Crippen LogP contribution in [0.4, 0.5) is 8.78 Å². The molecule has 0 aliphatic carbocycles. The maximum Gasteiger partial charge on any atom is 0.255 e. The minimum Gasteiger partial charge on any atom is -0.502 e. The van der Waals surface area contributed by atoms with Gasteiger partial charge in [-0.2, -0.15) is 0 Å². The Hall–Kier alpha value is -4.27. The van der Waals surface area contributed by atoms with Crippen LogP contribution in [-0.2, 0) is 11.3 Å². The van der Waals surface area contributed by atoms with Crippen molar-refractivity contribution < 1.29 is 33.3 Å². The van der Waals surface area contributed by atoms with Crippen molar-refractivity contribution in [3.63, 3.8) is 0 Å². The van der Waals surface area contributed by atoms with Crippen molar-refractivity contribution in [2.45, 2.75) is 25.0 Å². The van der Waals surface area contributed by atoms with E-state index >= 15 is 0 Å². The van der Waals surface area contributed by atoms with Gasteiger partial charge in [0, 0.05) is 36.0 Å². The molecule has 1 amide bonds. The van der Waals surface area contributed by atoms with Crippen LogP contribution in [0.25, 0.3) is 0 Å². The second kappa shape index (κ2) is 11.9. The highest BCUT2D eigenvalue weighted by Gasteiger charge is 2.28. The van der Waals surface area contributed by atoms with E-state index in [1.807, 2.05) is 5.32 Å². The highest BCUT2D eigenvalue weighted by atomic mass is 19.3. The van der Waals surface area contributed by atoms with Gasteiger partial charge < -0.3 is 29.6 Å². The normalized spacial score (nSPS) is 12.5. The Kier molecular flexibility index (Phi) is 8.72. The van der Waals surface area contributed by atoms with Crippen molar-refractivity contribution >= 4 is 5.91 Å². The first-order chi connectivity index (χ1) is 17.2. The second-order valence-corrected chi connectivity index (χ2v) is 7.66. The molecule has 0 aliphatic rings. The van der Waals surface area contributed by atoms with Crippen LogP contribution >= 0.6 is 0 Å². The minimum atomic E-state index is -2.83. The summed E-state index contributed by atoms with van der Waals surface area (Å²) in [6.07, 6.45) is -1.55. The zero-order valence-electron chi connectivity index (χ0n) is 18.7. The topological polar surface area (TPSA) is 142 Å². The summed E-state index contributed by atoms with van der Waals surface area (Å²) in [5, 5.41) is 30.7. The lowest BCUT2D eigenvalue weighted by atomic mass is 10.0. The van der Waals surface area contributed by atoms with E-state index in [0.717, 1.165) is 16.9 Å². The highest BCUT2D eigenvalue weighted by Crippen LogP contribution is 2.24. The van der Waals surface area contributed by atoms with Crippen LogP contribution in [0.1, 0.15) is 34.5 Å². The van der Waals surface area contributed by atoms with Crippen LogP contribution in [0.15, 0.2) is 68.9 Å². The number of rotatable bonds is 8. The van der Waals surface area contributed by atoms with Crippen LogP contribution in [0.5, 0.6) is 5.75 Å². The zero-order chi connectivity index (χ0) is 26.2. The van der Waals surface area contributed by atoms with Crippen molar-refractivity contribution in [2.24, 2.45) is 0 Å². The number of hydrogen-bond donors (Lipinski definition) is 4. The number of carbonyl (C=O) groups is 1. The summed E-state index contributed by atoms with van der Waals surface area (Å²) in [5.74, 6) is 1.94. The number of nitrogens with zero attached hydrogens (tertiary/aromatic N) is 1. The number of aromatic nitrogens is 1. The van der Waals surface area contributed by atoms with Crippen LogP contribution in [0.3, 0.4) is 0 Å². The van der Waals surface area contributed by atoms with Gasteiger partial charge in [0.05, 0.1) is 19.4 Å². The van der Waals surface area contributed by atoms with Crippen molar-refractivity contribution in [3.8, 4) is 17.6 Å². The molecule has 0 fully saturated rings. The molecule has 2 heterocycles. The third-order valence-corrected chi connectivity index (χ3v) is 5.14. The standard InChI is InChI=1S/C25H22F2N2O7/c26-21(27)12-28-25(35)18(24-23(34)19(31)8-10-36-24)13-29-9-7-16(11-22(29)33)2-1-15-3-5-17(6-4-15)20(32)14-30/h3-11,18,20-21,30,32,34H,12-14H2,(H,28,35). The predicted octanol–water partition coefficient (Wildman–Crippen LogP) is 1.10. The fourth-order valence-corrected chi connectivity index (χ4v) is 3.23. The van der Waals surface area contributed by atoms with Crippen LogP contribution < -0.4 is 16.3 Å². The van der Waals surface area contributed by atoms with Gasteiger partial charge in [-0.05, 0) is 23.8 Å². The SMILES string of the molecule is O=C(NCC(F)F)C(Cn1ccc(C#Cc2ccc(C(O)CO)cc2)cc1=O)c1occc(=O)c1O. The van der Waals surface area contributed by atoms with E-state index in [1.54, 1.807) is 24.3 Å². The fraction of sp³-hybridized carbons (Fsp3) is 0.240. The van der Waals surface area contributed by atoms with Gasteiger partial charge in [-0.15, -0.1) is 0 Å². The molecule has 3 rings (SSSR count). The largest absolute Gasteiger partial charge is 0.502 e. The first-order valence-electron chi connectivity index (χ1n) is 10.7. The molecular formula is C25H22F2N2O7. The molecule has 0 spiro atoms. The number of carbonyl (C=O) groups excluding carboxylic acids is 1. The van der Waals surface area contributed by atoms with Gasteiger partial charge in [-0.25, -0.2) is 8.78 Å². The average molecular weight is 500 g/mol. The number of pyridine rings is 1. The number of hydrogen-bond acceptors (Lipinski definition) is 7. The van der Waals surface area contributed by atoms with Gasteiger partial charge in [0.1, 0.15) is 12.0 Å². The minimum absolute atomic E-state index is 0.350. The van der Waals surface area contributed by atoms with E-state index in [2.05, 4.69) is 11.8 Å². The second-order valence-electron chi connectivity index (χ2n) is 7.66. The van der Waals surface area contributed by atoms with E-state index in [9.17, 15) is 33.4 Å². The van der Waals surface area contributed by atoms with E-state index in [4.69, 9.17) is 9.52 Å². The number of nitrogens with one attached hydrogen (secondary N) is 1. The number of halogens is 2. The number of amides is 1. The summed E-state index contributed by atoms with van der Waals surface area (Å²) in [4.78, 5) is 37.0. The highest BCUT2D eigenvalue weighted by molar-refractivity contribution is 5.83. The number of alkyl halides is 2. The monoisotopic (exact) mass is 500 g/mol. The first-order valence-corrected chi connectivity index (χ1v) is 10.7. The molecule has 2 atom stereocenters. The third-order valence-electron chi connectivity index (χ3n) is 5.14. The molecule has 3 aromatic rings. The van der Waals surface area contributed by atoms with Crippen LogP contribution in [0.2, 0.25) is 0 Å². The Morgan fingerprint density at radius 2 is 1.78 bits per heavy atom. The van der Waals surface area contributed by atoms with E-state index in [-0.39, 0.29) is 0 Å². The van der Waals surface area contributed by atoms with E-state index in [1.165, 1.54) is 18.3 Å². The maximum atomic E-state index is 12.6. The molecule has 0 aliphatic heterocycles. The summed E-state index contributed by atoms with van der Waals surface area (Å²) >= 11 is 0. The van der Waals surface area contributed by atoms with Gasteiger partial charge in [0.2, 0.25) is 17.1 Å². The Balaban J connectivity index is 1.84. The summed E-state index contributed by atoms with van der Waals surface area (Å²) in [5.41, 5.74) is 0.0624. The Bertz CT molecular complexity index is 1390. The lowest BCUT2D eigenvalue weighted by molar-refractivity contribution is -0.124. The molecule has 0 saturated heterocycles. The average Bonchev–Trinajstić information content (AvgIpc) is 2.87. The molecule has 1 aromatic carbocycles. The lowest BCUT2D eigenvalue weighted by Gasteiger charge is -2.17. The molecule has 2 aromatic heterocycles. The Labute approximate surface area is 203 Å². The lowest BCUT2D eigenvalue weighted by Crippen LogP contribution is -2.36. The fourth-order valence-electron chi connectivity index (χ4n) is 3.23. The van der Waals surface area contributed by atoms with Crippen LogP contribution in [0, 0.1) is 11.8 Å². The molecule has 0 bridgehead atoms. The molecule has 2 unspecified atom stereocenters. The molecule has 0 radical (unpaired) electrons. The van der Waals surface area contributed by atoms with Gasteiger partial charge in [0.25, 0.3) is 12.0 Å². The molecule has 9 nitrogen and oxygen atoms in total. The molecule has 11 heteroatoms. The summed E-state index contributed by atoms with van der Waals surface area (Å²) in [7, 11) is 0. The smallest absolute Gasteiger partial charge is 0.255 e. The van der Waals surface area contributed by atoms with E-state index in [0.29, 0.717) is 16.7 Å². The molecule has 188 valence electrons. The van der Waals surface area contributed by atoms with Crippen molar-refractivity contribution in [1.82, 2.24) is 9.88 Å². The van der Waals surface area contributed by atoms with E-state index < -0.39 is 66.5 Å². The third kappa shape index (κ3) is 6.65. The number of benzene rings is 1. The summed E-state index contributed by atoms with van der Waals surface area (Å²) in [6.45, 7) is -1.78. The van der Waals surface area contributed by atoms with Crippen molar-refractivity contribution in [1.29, 1.82) is 0 Å². The quantitative estimate of drug-likeness (QED) is 0.339. The Morgan fingerprint density at radius 1 is 1.08 bits per heavy atom. The molecule has 36 heavy (non-hydrogen) atoms. The summed E-state index contributed by atoms with van der Waals surface area (Å²) < 4.78 is 31.4. The summed E-state index contributed by atoms with van der Waals surface area (Å²) in [6, 6.07) is 10.1. The van der Waals surface area contributed by atoms with Crippen LogP contribution in [-0.4, -0.2) is 45.4 Å². The van der Waals surface area contributed by atoms with Gasteiger partial charge in [-0.1, -0.05) is 24.0 Å². The molecular weight excluding hydrogens is 478 g/mol. The van der Waals surface area contributed by atoms with Gasteiger partial charge in [0.15, 0.2) is 5.76 Å². The molecule has 0 saturated carbocycles. The Morgan fingerprint density at radius 3 is 2.42 bits per heavy atom. The molecule has 4 N–H and O–H groups in total. The maximum absolute atomic E-state index is 12.6. The van der Waals surface area contributed by atoms with Crippen molar-refractivity contribution in [3.05, 3.63) is 98.0 Å². The van der Waals surface area contributed by atoms with Gasteiger partial charge >= 0.3 is 0 Å². The number of aromatic hydroxyl groups is 1.